The van der Waals surface area contributed by atoms with Crippen molar-refractivity contribution in [3.8, 4) is 0 Å². The van der Waals surface area contributed by atoms with E-state index in [1.165, 1.54) is 24.2 Å². The molecule has 0 spiro atoms. The Morgan fingerprint density at radius 2 is 1.87 bits per heavy atom. The topological polar surface area (TPSA) is 0 Å². The molecule has 1 aliphatic rings. The van der Waals surface area contributed by atoms with Crippen LogP contribution in [0.15, 0.2) is 46.2 Å². The van der Waals surface area contributed by atoms with Gasteiger partial charge in [0.2, 0.25) is 0 Å². The molecule has 0 nitrogen and oxygen atoms in total. The molecule has 0 heterocycles. The van der Waals surface area contributed by atoms with Gasteiger partial charge in [0, 0.05) is 4.90 Å². The van der Waals surface area contributed by atoms with Crippen LogP contribution in [-0.4, -0.2) is 0 Å². The predicted molar refractivity (Wildman–Crippen MR) is 68.0 cm³/mol. The van der Waals surface area contributed by atoms with Crippen LogP contribution in [0.5, 0.6) is 0 Å². The van der Waals surface area contributed by atoms with Gasteiger partial charge in [0.1, 0.15) is 0 Å². The van der Waals surface area contributed by atoms with E-state index < -0.39 is 0 Å². The highest BCUT2D eigenvalue weighted by Gasteiger charge is 2.21. The normalized spacial score (nSPS) is 19.7. The smallest absolute Gasteiger partial charge is 0.0118 e. The summed E-state index contributed by atoms with van der Waals surface area (Å²) in [5.41, 5.74) is 0.515. The summed E-state index contributed by atoms with van der Waals surface area (Å²) < 4.78 is 0. The van der Waals surface area contributed by atoms with Gasteiger partial charge < -0.3 is 0 Å². The Morgan fingerprint density at radius 3 is 2.47 bits per heavy atom. The summed E-state index contributed by atoms with van der Waals surface area (Å²) >= 11 is 1.93. The molecule has 1 aliphatic carbocycles. The maximum atomic E-state index is 2.42. The summed E-state index contributed by atoms with van der Waals surface area (Å²) in [5, 5.41) is 0. The van der Waals surface area contributed by atoms with E-state index >= 15 is 0 Å². The molecule has 15 heavy (non-hydrogen) atoms. The monoisotopic (exact) mass is 218 g/mol. The maximum Gasteiger partial charge on any atom is 0.0118 e. The summed E-state index contributed by atoms with van der Waals surface area (Å²) in [6.45, 7) is 4.71. The molecule has 0 saturated heterocycles. The van der Waals surface area contributed by atoms with E-state index in [-0.39, 0.29) is 0 Å². The Labute approximate surface area is 96.8 Å². The predicted octanol–water partition coefficient (Wildman–Crippen LogP) is 4.87. The fourth-order valence-corrected chi connectivity index (χ4v) is 2.76. The van der Waals surface area contributed by atoms with Crippen molar-refractivity contribution in [1.82, 2.24) is 0 Å². The number of hydrogen-bond acceptors (Lipinski definition) is 1. The van der Waals surface area contributed by atoms with E-state index in [4.69, 9.17) is 0 Å². The fraction of sp³-hybridized carbons (Fsp3) is 0.429. The lowest BCUT2D eigenvalue weighted by Gasteiger charge is -2.28. The van der Waals surface area contributed by atoms with E-state index in [2.05, 4.69) is 50.3 Å². The van der Waals surface area contributed by atoms with Crippen molar-refractivity contribution in [3.63, 3.8) is 0 Å². The minimum absolute atomic E-state index is 0.515. The summed E-state index contributed by atoms with van der Waals surface area (Å²) in [5.74, 6) is 0. The Morgan fingerprint density at radius 1 is 1.13 bits per heavy atom. The lowest BCUT2D eigenvalue weighted by molar-refractivity contribution is 0.329. The van der Waals surface area contributed by atoms with Gasteiger partial charge in [-0.1, -0.05) is 49.9 Å². The summed E-state index contributed by atoms with van der Waals surface area (Å²) in [6.07, 6.45) is 6.20. The van der Waals surface area contributed by atoms with Gasteiger partial charge >= 0.3 is 0 Å². The van der Waals surface area contributed by atoms with Gasteiger partial charge in [-0.25, -0.2) is 0 Å². The first kappa shape index (κ1) is 10.8. The maximum absolute atomic E-state index is 2.42. The van der Waals surface area contributed by atoms with Gasteiger partial charge in [-0.2, -0.15) is 0 Å². The van der Waals surface area contributed by atoms with Crippen LogP contribution in [-0.2, 0) is 0 Å². The van der Waals surface area contributed by atoms with Crippen LogP contribution in [0.2, 0.25) is 0 Å². The summed E-state index contributed by atoms with van der Waals surface area (Å²) in [4.78, 5) is 2.91. The van der Waals surface area contributed by atoms with Crippen LogP contribution in [0, 0.1) is 5.41 Å². The zero-order valence-corrected chi connectivity index (χ0v) is 10.3. The van der Waals surface area contributed by atoms with Crippen molar-refractivity contribution in [2.75, 3.05) is 0 Å². The Balaban J connectivity index is 2.00. The average Bonchev–Trinajstić information content (AvgIpc) is 2.23. The van der Waals surface area contributed by atoms with E-state index in [9.17, 15) is 0 Å². The molecular weight excluding hydrogens is 200 g/mol. The lowest BCUT2D eigenvalue weighted by atomic mass is 9.81. The number of hydrogen-bond donors (Lipinski definition) is 0. The highest BCUT2D eigenvalue weighted by molar-refractivity contribution is 8.03. The molecule has 80 valence electrons. The van der Waals surface area contributed by atoms with E-state index in [1.807, 2.05) is 11.8 Å². The van der Waals surface area contributed by atoms with Crippen LogP contribution in [0.25, 0.3) is 0 Å². The fourth-order valence-electron chi connectivity index (χ4n) is 1.79. The third kappa shape index (κ3) is 3.13. The molecule has 0 radical (unpaired) electrons. The van der Waals surface area contributed by atoms with Crippen LogP contribution in [0.3, 0.4) is 0 Å². The Hall–Kier alpha value is -0.690. The summed E-state index contributed by atoms with van der Waals surface area (Å²) in [7, 11) is 0. The van der Waals surface area contributed by atoms with Crippen molar-refractivity contribution < 1.29 is 0 Å². The standard InChI is InChI=1S/C14H18S/c1-14(2)10-8-13(9-11-14)15-12-6-4-3-5-7-12/h3-8H,9-11H2,1-2H3. The minimum atomic E-state index is 0.515. The van der Waals surface area contributed by atoms with E-state index in [0.29, 0.717) is 5.41 Å². The number of rotatable bonds is 2. The zero-order valence-electron chi connectivity index (χ0n) is 9.49. The van der Waals surface area contributed by atoms with Crippen LogP contribution < -0.4 is 0 Å². The molecule has 0 atom stereocenters. The second-order valence-corrected chi connectivity index (χ2v) is 6.15. The third-order valence-corrected chi connectivity index (χ3v) is 4.06. The minimum Gasteiger partial charge on any atom is -0.0949 e. The van der Waals surface area contributed by atoms with Crippen LogP contribution >= 0.6 is 11.8 Å². The Kier molecular flexibility index (Phi) is 3.20. The van der Waals surface area contributed by atoms with Crippen molar-refractivity contribution in [1.29, 1.82) is 0 Å². The molecule has 1 aromatic carbocycles. The largest absolute Gasteiger partial charge is 0.0949 e. The molecule has 0 aliphatic heterocycles. The molecule has 0 aromatic heterocycles. The zero-order chi connectivity index (χ0) is 10.7. The SMILES string of the molecule is CC1(C)CC=C(Sc2ccccc2)CC1. The van der Waals surface area contributed by atoms with Gasteiger partial charge in [0.05, 0.1) is 0 Å². The van der Waals surface area contributed by atoms with Crippen molar-refractivity contribution in [2.24, 2.45) is 5.41 Å². The van der Waals surface area contributed by atoms with Gasteiger partial charge in [-0.15, -0.1) is 0 Å². The average molecular weight is 218 g/mol. The Bertz CT molecular complexity index is 349. The number of thioether (sulfide) groups is 1. The van der Waals surface area contributed by atoms with Crippen molar-refractivity contribution in [3.05, 3.63) is 41.3 Å². The van der Waals surface area contributed by atoms with Gasteiger partial charge in [0.15, 0.2) is 0 Å². The highest BCUT2D eigenvalue weighted by Crippen LogP contribution is 2.40. The first-order valence-electron chi connectivity index (χ1n) is 5.58. The molecular formula is C14H18S. The van der Waals surface area contributed by atoms with E-state index in [1.54, 1.807) is 4.91 Å². The number of allylic oxidation sites excluding steroid dienone is 2. The lowest BCUT2D eigenvalue weighted by Crippen LogP contribution is -2.13. The molecule has 2 rings (SSSR count). The molecule has 1 heteroatoms. The quantitative estimate of drug-likeness (QED) is 0.682. The highest BCUT2D eigenvalue weighted by atomic mass is 32.2. The molecule has 0 unspecified atom stereocenters. The van der Waals surface area contributed by atoms with Crippen LogP contribution in [0.1, 0.15) is 33.1 Å². The second-order valence-electron chi connectivity index (χ2n) is 4.95. The second kappa shape index (κ2) is 4.44. The number of benzene rings is 1. The molecule has 0 bridgehead atoms. The first-order chi connectivity index (χ1) is 7.16. The van der Waals surface area contributed by atoms with Gasteiger partial charge in [-0.3, -0.25) is 0 Å². The summed E-state index contributed by atoms with van der Waals surface area (Å²) in [6, 6.07) is 10.7. The first-order valence-corrected chi connectivity index (χ1v) is 6.39. The van der Waals surface area contributed by atoms with Crippen molar-refractivity contribution >= 4 is 11.8 Å². The molecule has 1 aromatic rings. The van der Waals surface area contributed by atoms with Gasteiger partial charge in [-0.05, 0) is 41.7 Å². The molecule has 0 N–H and O–H groups in total. The molecule has 0 saturated carbocycles. The van der Waals surface area contributed by atoms with Crippen molar-refractivity contribution in [2.45, 2.75) is 38.0 Å². The van der Waals surface area contributed by atoms with E-state index in [0.717, 1.165) is 0 Å². The van der Waals surface area contributed by atoms with Crippen LogP contribution in [0.4, 0.5) is 0 Å². The molecule has 0 fully saturated rings. The molecule has 0 amide bonds. The third-order valence-electron chi connectivity index (χ3n) is 2.92. The van der Waals surface area contributed by atoms with Gasteiger partial charge in [0.25, 0.3) is 0 Å².